The molecule has 1 aliphatic heterocycles. The summed E-state index contributed by atoms with van der Waals surface area (Å²) in [5.41, 5.74) is 2.78. The molecule has 0 saturated carbocycles. The second kappa shape index (κ2) is 5.13. The Bertz CT molecular complexity index is 803. The normalized spacial score (nSPS) is 14.0. The first kappa shape index (κ1) is 14.0. The van der Waals surface area contributed by atoms with Crippen molar-refractivity contribution in [2.24, 2.45) is 0 Å². The highest BCUT2D eigenvalue weighted by molar-refractivity contribution is 7.92. The standard InChI is InChI=1S/C15H15FN2O2S/c1-10-2-4-13(7-15(10)16)18-21(19,20)14-5-3-11-8-17-9-12(11)6-14/h2-7,17-18H,8-9H2,1H3. The van der Waals surface area contributed by atoms with Gasteiger partial charge in [-0.25, -0.2) is 12.8 Å². The van der Waals surface area contributed by atoms with Gasteiger partial charge in [0.25, 0.3) is 10.0 Å². The van der Waals surface area contributed by atoms with Gasteiger partial charge in [-0.05, 0) is 47.9 Å². The fourth-order valence-electron chi connectivity index (χ4n) is 2.31. The highest BCUT2D eigenvalue weighted by atomic mass is 32.2. The zero-order valence-electron chi connectivity index (χ0n) is 11.5. The average Bonchev–Trinajstić information content (AvgIpc) is 2.90. The summed E-state index contributed by atoms with van der Waals surface area (Å²) in [6, 6.07) is 9.30. The highest BCUT2D eigenvalue weighted by Gasteiger charge is 2.18. The molecule has 0 fully saturated rings. The van der Waals surface area contributed by atoms with Gasteiger partial charge in [-0.2, -0.15) is 0 Å². The van der Waals surface area contributed by atoms with Crippen LogP contribution in [0.5, 0.6) is 0 Å². The second-order valence-corrected chi connectivity index (χ2v) is 6.79. The van der Waals surface area contributed by atoms with E-state index in [1.807, 2.05) is 0 Å². The van der Waals surface area contributed by atoms with E-state index in [0.717, 1.165) is 17.7 Å². The molecule has 21 heavy (non-hydrogen) atoms. The number of rotatable bonds is 3. The quantitative estimate of drug-likeness (QED) is 0.916. The van der Waals surface area contributed by atoms with Crippen LogP contribution < -0.4 is 10.0 Å². The Morgan fingerprint density at radius 1 is 1.10 bits per heavy atom. The van der Waals surface area contributed by atoms with Crippen LogP contribution in [0.15, 0.2) is 41.3 Å². The molecule has 1 aliphatic rings. The van der Waals surface area contributed by atoms with Gasteiger partial charge in [0.2, 0.25) is 0 Å². The van der Waals surface area contributed by atoms with Gasteiger partial charge in [0, 0.05) is 13.1 Å². The molecule has 2 aromatic rings. The van der Waals surface area contributed by atoms with E-state index in [0.29, 0.717) is 12.1 Å². The van der Waals surface area contributed by atoms with Gasteiger partial charge in [-0.3, -0.25) is 4.72 Å². The molecule has 0 bridgehead atoms. The Morgan fingerprint density at radius 3 is 2.62 bits per heavy atom. The van der Waals surface area contributed by atoms with E-state index in [1.165, 1.54) is 6.07 Å². The minimum absolute atomic E-state index is 0.186. The van der Waals surface area contributed by atoms with Gasteiger partial charge < -0.3 is 5.32 Å². The number of sulfonamides is 1. The van der Waals surface area contributed by atoms with Crippen LogP contribution in [0.3, 0.4) is 0 Å². The van der Waals surface area contributed by atoms with Gasteiger partial charge in [0.05, 0.1) is 10.6 Å². The summed E-state index contributed by atoms with van der Waals surface area (Å²) in [6.45, 7) is 3.05. The number of nitrogens with one attached hydrogen (secondary N) is 2. The summed E-state index contributed by atoms with van der Waals surface area (Å²) in [5, 5.41) is 3.16. The summed E-state index contributed by atoms with van der Waals surface area (Å²) in [4.78, 5) is 0.186. The Morgan fingerprint density at radius 2 is 1.86 bits per heavy atom. The third kappa shape index (κ3) is 2.77. The fraction of sp³-hybridized carbons (Fsp3) is 0.200. The van der Waals surface area contributed by atoms with Crippen molar-refractivity contribution < 1.29 is 12.8 Å². The Kier molecular flexibility index (Phi) is 3.43. The number of hydrogen-bond donors (Lipinski definition) is 2. The number of benzene rings is 2. The number of aryl methyl sites for hydroxylation is 1. The zero-order chi connectivity index (χ0) is 15.0. The maximum absolute atomic E-state index is 13.5. The number of halogens is 1. The van der Waals surface area contributed by atoms with E-state index in [1.54, 1.807) is 37.3 Å². The average molecular weight is 306 g/mol. The first-order valence-corrected chi connectivity index (χ1v) is 8.05. The maximum atomic E-state index is 13.5. The maximum Gasteiger partial charge on any atom is 0.261 e. The van der Waals surface area contributed by atoms with Crippen molar-refractivity contribution in [3.05, 3.63) is 58.9 Å². The molecular formula is C15H15FN2O2S. The van der Waals surface area contributed by atoms with Crippen LogP contribution in [-0.2, 0) is 23.1 Å². The molecule has 2 N–H and O–H groups in total. The van der Waals surface area contributed by atoms with E-state index < -0.39 is 15.8 Å². The number of anilines is 1. The van der Waals surface area contributed by atoms with Gasteiger partial charge in [0.1, 0.15) is 5.82 Å². The Hall–Kier alpha value is -1.92. The van der Waals surface area contributed by atoms with Crippen molar-refractivity contribution in [3.8, 4) is 0 Å². The van der Waals surface area contributed by atoms with E-state index in [4.69, 9.17) is 0 Å². The molecule has 0 radical (unpaired) electrons. The summed E-state index contributed by atoms with van der Waals surface area (Å²) in [7, 11) is -3.71. The molecular weight excluding hydrogens is 291 g/mol. The molecule has 4 nitrogen and oxygen atoms in total. The smallest absolute Gasteiger partial charge is 0.261 e. The third-order valence-electron chi connectivity index (χ3n) is 3.54. The SMILES string of the molecule is Cc1ccc(NS(=O)(=O)c2ccc3c(c2)CNC3)cc1F. The van der Waals surface area contributed by atoms with Crippen LogP contribution in [0.4, 0.5) is 10.1 Å². The van der Waals surface area contributed by atoms with Crippen molar-refractivity contribution in [1.29, 1.82) is 0 Å². The molecule has 0 aliphatic carbocycles. The first-order chi connectivity index (χ1) is 9.95. The lowest BCUT2D eigenvalue weighted by Crippen LogP contribution is -2.13. The highest BCUT2D eigenvalue weighted by Crippen LogP contribution is 2.23. The predicted molar refractivity (Wildman–Crippen MR) is 78.9 cm³/mol. The summed E-state index contributed by atoms with van der Waals surface area (Å²) >= 11 is 0. The number of hydrogen-bond acceptors (Lipinski definition) is 3. The molecule has 0 spiro atoms. The molecule has 110 valence electrons. The van der Waals surface area contributed by atoms with Crippen LogP contribution in [0.2, 0.25) is 0 Å². The molecule has 0 unspecified atom stereocenters. The van der Waals surface area contributed by atoms with Crippen molar-refractivity contribution in [2.75, 3.05) is 4.72 Å². The van der Waals surface area contributed by atoms with Crippen molar-refractivity contribution in [1.82, 2.24) is 5.32 Å². The van der Waals surface area contributed by atoms with Crippen LogP contribution in [-0.4, -0.2) is 8.42 Å². The third-order valence-corrected chi connectivity index (χ3v) is 4.92. The summed E-state index contributed by atoms with van der Waals surface area (Å²) < 4.78 is 40.6. The van der Waals surface area contributed by atoms with Crippen LogP contribution in [0, 0.1) is 12.7 Å². The summed E-state index contributed by atoms with van der Waals surface area (Å²) in [5.74, 6) is -0.437. The topological polar surface area (TPSA) is 58.2 Å². The predicted octanol–water partition coefficient (Wildman–Crippen LogP) is 2.54. The number of fused-ring (bicyclic) bond motifs is 1. The first-order valence-electron chi connectivity index (χ1n) is 6.57. The van der Waals surface area contributed by atoms with E-state index >= 15 is 0 Å². The second-order valence-electron chi connectivity index (χ2n) is 5.10. The molecule has 3 rings (SSSR count). The van der Waals surface area contributed by atoms with Crippen molar-refractivity contribution in [3.63, 3.8) is 0 Å². The largest absolute Gasteiger partial charge is 0.309 e. The van der Waals surface area contributed by atoms with Gasteiger partial charge in [0.15, 0.2) is 0 Å². The van der Waals surface area contributed by atoms with Gasteiger partial charge in [-0.1, -0.05) is 12.1 Å². The molecule has 0 aromatic heterocycles. The Labute approximate surface area is 123 Å². The van der Waals surface area contributed by atoms with Crippen LogP contribution in [0.25, 0.3) is 0 Å². The zero-order valence-corrected chi connectivity index (χ0v) is 12.3. The summed E-state index contributed by atoms with van der Waals surface area (Å²) in [6.07, 6.45) is 0. The minimum Gasteiger partial charge on any atom is -0.309 e. The molecule has 0 atom stereocenters. The lowest BCUT2D eigenvalue weighted by molar-refractivity contribution is 0.601. The van der Waals surface area contributed by atoms with Gasteiger partial charge >= 0.3 is 0 Å². The van der Waals surface area contributed by atoms with E-state index in [9.17, 15) is 12.8 Å². The minimum atomic E-state index is -3.71. The lowest BCUT2D eigenvalue weighted by atomic mass is 10.1. The van der Waals surface area contributed by atoms with Crippen LogP contribution >= 0.6 is 0 Å². The van der Waals surface area contributed by atoms with E-state index in [2.05, 4.69) is 10.0 Å². The lowest BCUT2D eigenvalue weighted by Gasteiger charge is -2.10. The molecule has 1 heterocycles. The van der Waals surface area contributed by atoms with Crippen molar-refractivity contribution >= 4 is 15.7 Å². The molecule has 2 aromatic carbocycles. The monoisotopic (exact) mass is 306 g/mol. The van der Waals surface area contributed by atoms with Crippen molar-refractivity contribution in [2.45, 2.75) is 24.9 Å². The van der Waals surface area contributed by atoms with Gasteiger partial charge in [-0.15, -0.1) is 0 Å². The fourth-order valence-corrected chi connectivity index (χ4v) is 3.41. The molecule has 6 heteroatoms. The molecule has 0 saturated heterocycles. The van der Waals surface area contributed by atoms with E-state index in [-0.39, 0.29) is 10.6 Å². The van der Waals surface area contributed by atoms with Crippen LogP contribution in [0.1, 0.15) is 16.7 Å². The molecule has 0 amide bonds. The Balaban J connectivity index is 1.91.